The normalized spacial score (nSPS) is 13.9. The SMILES string of the molecule is COc1cc(-c2cnc3c(c2)CC(=O)N3COCCS(C)(C)C)cc(OC)c1OC. The molecule has 2 heterocycles. The third kappa shape index (κ3) is 4.82. The standard InChI is InChI=1S/C22H30N2O5S/c1-26-18-10-15(11-19(27-2)21(18)28-3)17-9-16-12-20(25)24(22(16)23-13-17)14-29-7-8-30(4,5)6/h9-11,13H,7-8,12,14H2,1-6H3. The summed E-state index contributed by atoms with van der Waals surface area (Å²) in [6.07, 6.45) is 8.82. The number of rotatable bonds is 9. The molecule has 0 saturated carbocycles. The highest BCUT2D eigenvalue weighted by Crippen LogP contribution is 2.42. The van der Waals surface area contributed by atoms with Crippen LogP contribution in [0.25, 0.3) is 11.1 Å². The van der Waals surface area contributed by atoms with Crippen molar-refractivity contribution < 1.29 is 23.7 Å². The molecule has 7 nitrogen and oxygen atoms in total. The van der Waals surface area contributed by atoms with Gasteiger partial charge in [-0.3, -0.25) is 9.69 Å². The summed E-state index contributed by atoms with van der Waals surface area (Å²) in [5.41, 5.74) is 2.63. The van der Waals surface area contributed by atoms with Crippen molar-refractivity contribution in [1.29, 1.82) is 0 Å². The van der Waals surface area contributed by atoms with Crippen molar-refractivity contribution in [3.8, 4) is 28.4 Å². The minimum absolute atomic E-state index is 0.00245. The zero-order valence-corrected chi connectivity index (χ0v) is 19.3. The Morgan fingerprint density at radius 1 is 1.00 bits per heavy atom. The van der Waals surface area contributed by atoms with Crippen molar-refractivity contribution >= 4 is 21.8 Å². The first-order valence-electron chi connectivity index (χ1n) is 9.61. The second kappa shape index (κ2) is 9.14. The third-order valence-corrected chi connectivity index (χ3v) is 6.29. The summed E-state index contributed by atoms with van der Waals surface area (Å²) in [6.45, 7) is 0.874. The number of hydrogen-bond donors (Lipinski definition) is 0. The van der Waals surface area contributed by atoms with Crippen LogP contribution in [0.2, 0.25) is 0 Å². The van der Waals surface area contributed by atoms with Gasteiger partial charge in [-0.15, -0.1) is 0 Å². The molecule has 1 aliphatic rings. The molecule has 3 rings (SSSR count). The van der Waals surface area contributed by atoms with Gasteiger partial charge >= 0.3 is 0 Å². The Morgan fingerprint density at radius 2 is 1.67 bits per heavy atom. The van der Waals surface area contributed by atoms with Crippen LogP contribution < -0.4 is 19.1 Å². The average molecular weight is 435 g/mol. The van der Waals surface area contributed by atoms with Crippen LogP contribution in [-0.4, -0.2) is 70.1 Å². The van der Waals surface area contributed by atoms with E-state index >= 15 is 0 Å². The summed E-state index contributed by atoms with van der Waals surface area (Å²) in [5, 5.41) is 0. The van der Waals surface area contributed by atoms with Crippen molar-refractivity contribution in [2.24, 2.45) is 0 Å². The molecular formula is C22H30N2O5S. The summed E-state index contributed by atoms with van der Waals surface area (Å²) < 4.78 is 22.0. The van der Waals surface area contributed by atoms with Crippen LogP contribution in [0.15, 0.2) is 24.4 Å². The van der Waals surface area contributed by atoms with E-state index in [4.69, 9.17) is 18.9 Å². The number of benzene rings is 1. The number of ether oxygens (including phenoxy) is 4. The Bertz CT molecular complexity index is 901. The summed E-state index contributed by atoms with van der Waals surface area (Å²) in [5.74, 6) is 3.35. The van der Waals surface area contributed by atoms with Crippen LogP contribution in [0.3, 0.4) is 0 Å². The molecule has 0 N–H and O–H groups in total. The van der Waals surface area contributed by atoms with E-state index in [1.54, 1.807) is 32.4 Å². The monoisotopic (exact) mass is 434 g/mol. The van der Waals surface area contributed by atoms with E-state index in [0.29, 0.717) is 36.1 Å². The lowest BCUT2D eigenvalue weighted by molar-refractivity contribution is -0.118. The van der Waals surface area contributed by atoms with E-state index in [0.717, 1.165) is 22.4 Å². The maximum Gasteiger partial charge on any atom is 0.234 e. The second-order valence-corrected chi connectivity index (χ2v) is 12.5. The van der Waals surface area contributed by atoms with Gasteiger partial charge in [-0.25, -0.2) is 15.0 Å². The van der Waals surface area contributed by atoms with Crippen molar-refractivity contribution in [2.75, 3.05) is 64.1 Å². The maximum absolute atomic E-state index is 12.5. The Labute approximate surface area is 179 Å². The molecule has 0 unspecified atom stereocenters. The van der Waals surface area contributed by atoms with Gasteiger partial charge < -0.3 is 18.9 Å². The zero-order valence-electron chi connectivity index (χ0n) is 18.5. The number of nitrogens with zero attached hydrogens (tertiary/aromatic N) is 2. The van der Waals surface area contributed by atoms with Gasteiger partial charge in [0.1, 0.15) is 12.5 Å². The summed E-state index contributed by atoms with van der Waals surface area (Å²) in [6, 6.07) is 5.73. The van der Waals surface area contributed by atoms with Crippen LogP contribution in [-0.2, 0) is 16.0 Å². The van der Waals surface area contributed by atoms with E-state index < -0.39 is 10.0 Å². The fraction of sp³-hybridized carbons (Fsp3) is 0.455. The van der Waals surface area contributed by atoms with Crippen LogP contribution in [0.4, 0.5) is 5.82 Å². The van der Waals surface area contributed by atoms with Gasteiger partial charge in [0.25, 0.3) is 0 Å². The minimum atomic E-state index is -0.620. The Hall–Kier alpha value is -2.45. The Balaban J connectivity index is 1.82. The van der Waals surface area contributed by atoms with Gasteiger partial charge in [-0.05, 0) is 42.5 Å². The molecule has 1 amide bonds. The van der Waals surface area contributed by atoms with Crippen LogP contribution in [0.5, 0.6) is 17.2 Å². The van der Waals surface area contributed by atoms with E-state index in [9.17, 15) is 4.79 Å². The quantitative estimate of drug-likeness (QED) is 0.564. The lowest BCUT2D eigenvalue weighted by Crippen LogP contribution is -2.30. The second-order valence-electron chi connectivity index (χ2n) is 7.95. The molecule has 0 spiro atoms. The fourth-order valence-electron chi connectivity index (χ4n) is 3.26. The molecule has 164 valence electrons. The maximum atomic E-state index is 12.5. The molecule has 0 aliphatic carbocycles. The summed E-state index contributed by atoms with van der Waals surface area (Å²) in [7, 11) is 4.12. The molecule has 2 aromatic rings. The van der Waals surface area contributed by atoms with Crippen molar-refractivity contribution in [3.05, 3.63) is 30.0 Å². The third-order valence-electron chi connectivity index (χ3n) is 4.90. The first-order valence-corrected chi connectivity index (χ1v) is 12.6. The molecule has 0 atom stereocenters. The van der Waals surface area contributed by atoms with E-state index in [-0.39, 0.29) is 12.6 Å². The molecule has 0 bridgehead atoms. The van der Waals surface area contributed by atoms with Gasteiger partial charge in [-0.1, -0.05) is 0 Å². The van der Waals surface area contributed by atoms with Crippen molar-refractivity contribution in [1.82, 2.24) is 4.98 Å². The number of carbonyl (C=O) groups excluding carboxylic acids is 1. The number of fused-ring (bicyclic) bond motifs is 1. The first-order chi connectivity index (χ1) is 14.3. The van der Waals surface area contributed by atoms with Gasteiger partial charge in [-0.2, -0.15) is 0 Å². The molecule has 1 aliphatic heterocycles. The van der Waals surface area contributed by atoms with Crippen molar-refractivity contribution in [3.63, 3.8) is 0 Å². The lowest BCUT2D eigenvalue weighted by atomic mass is 10.0. The van der Waals surface area contributed by atoms with Gasteiger partial charge in [0.2, 0.25) is 11.7 Å². The molecule has 1 aromatic carbocycles. The molecule has 30 heavy (non-hydrogen) atoms. The highest BCUT2D eigenvalue weighted by molar-refractivity contribution is 8.32. The molecule has 0 radical (unpaired) electrons. The van der Waals surface area contributed by atoms with Crippen molar-refractivity contribution in [2.45, 2.75) is 6.42 Å². The Kier molecular flexibility index (Phi) is 6.77. The number of aromatic nitrogens is 1. The number of methoxy groups -OCH3 is 3. The van der Waals surface area contributed by atoms with E-state index in [2.05, 4.69) is 23.8 Å². The molecule has 0 saturated heterocycles. The van der Waals surface area contributed by atoms with E-state index in [1.165, 1.54) is 0 Å². The lowest BCUT2D eigenvalue weighted by Gasteiger charge is -2.25. The number of amides is 1. The highest BCUT2D eigenvalue weighted by Gasteiger charge is 2.29. The predicted molar refractivity (Wildman–Crippen MR) is 122 cm³/mol. The summed E-state index contributed by atoms with van der Waals surface area (Å²) >= 11 is 0. The highest BCUT2D eigenvalue weighted by atomic mass is 32.3. The largest absolute Gasteiger partial charge is 0.493 e. The molecular weight excluding hydrogens is 404 g/mol. The van der Waals surface area contributed by atoms with Gasteiger partial charge in [0.05, 0.1) is 34.4 Å². The first kappa shape index (κ1) is 22.2. The van der Waals surface area contributed by atoms with Gasteiger partial charge in [0.15, 0.2) is 11.5 Å². The number of carbonyl (C=O) groups is 1. The van der Waals surface area contributed by atoms with Gasteiger partial charge in [0, 0.05) is 23.1 Å². The average Bonchev–Trinajstić information content (AvgIpc) is 3.03. The number of anilines is 1. The fourth-order valence-corrected chi connectivity index (χ4v) is 3.87. The van der Waals surface area contributed by atoms with Crippen LogP contribution >= 0.6 is 10.0 Å². The van der Waals surface area contributed by atoms with E-state index in [1.807, 2.05) is 18.2 Å². The molecule has 8 heteroatoms. The zero-order chi connectivity index (χ0) is 21.9. The predicted octanol–water partition coefficient (Wildman–Crippen LogP) is 3.33. The molecule has 1 aromatic heterocycles. The smallest absolute Gasteiger partial charge is 0.234 e. The topological polar surface area (TPSA) is 70.1 Å². The number of hydrogen-bond acceptors (Lipinski definition) is 6. The molecule has 0 fully saturated rings. The number of pyridine rings is 1. The summed E-state index contributed by atoms with van der Waals surface area (Å²) in [4.78, 5) is 18.7. The van der Waals surface area contributed by atoms with Crippen LogP contribution in [0.1, 0.15) is 5.56 Å². The van der Waals surface area contributed by atoms with Crippen LogP contribution in [0, 0.1) is 0 Å². The minimum Gasteiger partial charge on any atom is -0.493 e. The Morgan fingerprint density at radius 3 is 2.23 bits per heavy atom.